The number of nitriles is 1. The van der Waals surface area contributed by atoms with E-state index in [1.165, 1.54) is 18.2 Å². The highest BCUT2D eigenvalue weighted by Gasteiger charge is 2.34. The van der Waals surface area contributed by atoms with Crippen molar-refractivity contribution < 1.29 is 18.3 Å². The maximum Gasteiger partial charge on any atom is 0.242 e. The van der Waals surface area contributed by atoms with Gasteiger partial charge in [0, 0.05) is 19.6 Å². The molecular formula is C12H13ClN2O4S. The Morgan fingerprint density at radius 3 is 2.90 bits per heavy atom. The quantitative estimate of drug-likeness (QED) is 0.849. The lowest BCUT2D eigenvalue weighted by molar-refractivity contribution is 0.0314. The van der Waals surface area contributed by atoms with Gasteiger partial charge in [0.1, 0.15) is 10.5 Å². The van der Waals surface area contributed by atoms with Gasteiger partial charge in [0.05, 0.1) is 23.3 Å². The van der Waals surface area contributed by atoms with Crippen LogP contribution in [0.2, 0.25) is 5.02 Å². The molecule has 1 aromatic rings. The first kappa shape index (κ1) is 15.2. The van der Waals surface area contributed by atoms with Crippen molar-refractivity contribution in [3.63, 3.8) is 0 Å². The smallest absolute Gasteiger partial charge is 0.242 e. The molecule has 6 nitrogen and oxygen atoms in total. The van der Waals surface area contributed by atoms with Gasteiger partial charge in [0.25, 0.3) is 0 Å². The molecule has 8 heteroatoms. The Hall–Kier alpha value is -1.17. The molecule has 1 heterocycles. The van der Waals surface area contributed by atoms with Gasteiger partial charge in [-0.2, -0.15) is 5.26 Å². The van der Waals surface area contributed by atoms with Gasteiger partial charge in [-0.3, -0.25) is 0 Å². The van der Waals surface area contributed by atoms with Crippen LogP contribution in [0.3, 0.4) is 0 Å². The second kappa shape index (κ2) is 5.68. The van der Waals surface area contributed by atoms with Crippen molar-refractivity contribution >= 4 is 21.6 Å². The van der Waals surface area contributed by atoms with Gasteiger partial charge in [-0.25, -0.2) is 13.1 Å². The summed E-state index contributed by atoms with van der Waals surface area (Å²) in [7, 11) is -3.90. The lowest BCUT2D eigenvalue weighted by Gasteiger charge is -2.20. The van der Waals surface area contributed by atoms with E-state index in [2.05, 4.69) is 4.72 Å². The third kappa shape index (κ3) is 3.29. The van der Waals surface area contributed by atoms with Crippen molar-refractivity contribution in [2.75, 3.05) is 19.8 Å². The first-order valence-electron chi connectivity index (χ1n) is 5.86. The number of ether oxygens (including phenoxy) is 1. The fourth-order valence-corrected chi connectivity index (χ4v) is 3.47. The zero-order valence-corrected chi connectivity index (χ0v) is 12.0. The normalized spacial score (nSPS) is 22.6. The minimum atomic E-state index is -3.90. The van der Waals surface area contributed by atoms with Crippen molar-refractivity contribution in [2.24, 2.45) is 0 Å². The van der Waals surface area contributed by atoms with Gasteiger partial charge in [0.15, 0.2) is 0 Å². The van der Waals surface area contributed by atoms with Crippen LogP contribution in [-0.2, 0) is 14.8 Å². The monoisotopic (exact) mass is 316 g/mol. The van der Waals surface area contributed by atoms with Crippen molar-refractivity contribution in [1.82, 2.24) is 4.72 Å². The average molecular weight is 317 g/mol. The SMILES string of the molecule is N#Cc1ccc(Cl)c(S(=O)(=O)NCC2(O)CCOC2)c1. The summed E-state index contributed by atoms with van der Waals surface area (Å²) in [6.45, 7) is 0.312. The van der Waals surface area contributed by atoms with E-state index in [9.17, 15) is 13.5 Å². The fourth-order valence-electron chi connectivity index (χ4n) is 1.82. The van der Waals surface area contributed by atoms with Crippen LogP contribution in [-0.4, -0.2) is 38.9 Å². The largest absolute Gasteiger partial charge is 0.386 e. The third-order valence-electron chi connectivity index (χ3n) is 3.02. The second-order valence-electron chi connectivity index (χ2n) is 4.61. The molecule has 1 unspecified atom stereocenters. The van der Waals surface area contributed by atoms with Gasteiger partial charge in [0.2, 0.25) is 10.0 Å². The topological polar surface area (TPSA) is 99.4 Å². The van der Waals surface area contributed by atoms with Crippen LogP contribution in [0.4, 0.5) is 0 Å². The number of aliphatic hydroxyl groups is 1. The molecule has 0 amide bonds. The summed E-state index contributed by atoms with van der Waals surface area (Å²) < 4.78 is 31.7. The summed E-state index contributed by atoms with van der Waals surface area (Å²) in [5.74, 6) is 0. The van der Waals surface area contributed by atoms with Crippen LogP contribution in [0.5, 0.6) is 0 Å². The summed E-state index contributed by atoms with van der Waals surface area (Å²) in [6.07, 6.45) is 0.363. The maximum absolute atomic E-state index is 12.2. The van der Waals surface area contributed by atoms with Crippen LogP contribution in [0.1, 0.15) is 12.0 Å². The van der Waals surface area contributed by atoms with E-state index < -0.39 is 15.6 Å². The van der Waals surface area contributed by atoms with Crippen LogP contribution < -0.4 is 4.72 Å². The zero-order chi connectivity index (χ0) is 14.8. The van der Waals surface area contributed by atoms with E-state index in [1.54, 1.807) is 0 Å². The van der Waals surface area contributed by atoms with Crippen LogP contribution in [0.15, 0.2) is 23.1 Å². The first-order valence-corrected chi connectivity index (χ1v) is 7.72. The molecule has 20 heavy (non-hydrogen) atoms. The molecule has 0 saturated carbocycles. The molecule has 2 N–H and O–H groups in total. The van der Waals surface area contributed by atoms with E-state index in [4.69, 9.17) is 21.6 Å². The standard InChI is InChI=1S/C12H13ClN2O4S/c13-10-2-1-9(6-14)5-11(10)20(17,18)15-7-12(16)3-4-19-8-12/h1-2,5,15-16H,3-4,7-8H2. The van der Waals surface area contributed by atoms with Gasteiger partial charge in [-0.15, -0.1) is 0 Å². The molecule has 0 aliphatic carbocycles. The molecule has 2 rings (SSSR count). The molecule has 1 aliphatic rings. The third-order valence-corrected chi connectivity index (χ3v) is 4.91. The molecule has 0 spiro atoms. The van der Waals surface area contributed by atoms with E-state index in [0.717, 1.165) is 0 Å². The lowest BCUT2D eigenvalue weighted by atomic mass is 10.1. The highest BCUT2D eigenvalue weighted by atomic mass is 35.5. The summed E-state index contributed by atoms with van der Waals surface area (Å²) in [5, 5.41) is 18.9. The number of sulfonamides is 1. The van der Waals surface area contributed by atoms with Crippen LogP contribution >= 0.6 is 11.6 Å². The Morgan fingerprint density at radius 2 is 2.30 bits per heavy atom. The van der Waals surface area contributed by atoms with Gasteiger partial charge in [-0.05, 0) is 18.2 Å². The number of rotatable bonds is 4. The zero-order valence-electron chi connectivity index (χ0n) is 10.5. The average Bonchev–Trinajstić information content (AvgIpc) is 2.85. The van der Waals surface area contributed by atoms with Crippen molar-refractivity contribution in [3.05, 3.63) is 28.8 Å². The van der Waals surface area contributed by atoms with Crippen LogP contribution in [0.25, 0.3) is 0 Å². The number of hydrogen-bond donors (Lipinski definition) is 2. The molecule has 0 bridgehead atoms. The van der Waals surface area contributed by atoms with E-state index >= 15 is 0 Å². The minimum Gasteiger partial charge on any atom is -0.386 e. The molecule has 0 radical (unpaired) electrons. The Kier molecular flexibility index (Phi) is 4.32. The summed E-state index contributed by atoms with van der Waals surface area (Å²) in [4.78, 5) is -0.180. The number of hydrogen-bond acceptors (Lipinski definition) is 5. The highest BCUT2D eigenvalue weighted by molar-refractivity contribution is 7.89. The Balaban J connectivity index is 2.20. The summed E-state index contributed by atoms with van der Waals surface area (Å²) in [6, 6.07) is 5.82. The maximum atomic E-state index is 12.2. The lowest BCUT2D eigenvalue weighted by Crippen LogP contribution is -2.43. The Morgan fingerprint density at radius 1 is 1.55 bits per heavy atom. The number of benzene rings is 1. The van der Waals surface area contributed by atoms with E-state index in [0.29, 0.717) is 13.0 Å². The molecule has 1 fully saturated rings. The van der Waals surface area contributed by atoms with Crippen molar-refractivity contribution in [3.8, 4) is 6.07 Å². The predicted molar refractivity (Wildman–Crippen MR) is 71.7 cm³/mol. The van der Waals surface area contributed by atoms with Crippen LogP contribution in [0, 0.1) is 11.3 Å². The molecule has 1 aliphatic heterocycles. The molecule has 1 saturated heterocycles. The number of nitrogens with one attached hydrogen (secondary N) is 1. The first-order chi connectivity index (χ1) is 9.36. The number of nitrogens with zero attached hydrogens (tertiary/aromatic N) is 1. The minimum absolute atomic E-state index is 0.0196. The van der Waals surface area contributed by atoms with Gasteiger partial charge in [-0.1, -0.05) is 11.6 Å². The molecule has 1 aromatic carbocycles. The number of halogens is 1. The highest BCUT2D eigenvalue weighted by Crippen LogP contribution is 2.23. The molecule has 108 valence electrons. The van der Waals surface area contributed by atoms with E-state index in [-0.39, 0.29) is 28.6 Å². The Labute approximate surface area is 122 Å². The Bertz CT molecular complexity index is 648. The molecule has 0 aromatic heterocycles. The van der Waals surface area contributed by atoms with E-state index in [1.807, 2.05) is 6.07 Å². The van der Waals surface area contributed by atoms with Crippen molar-refractivity contribution in [2.45, 2.75) is 16.9 Å². The van der Waals surface area contributed by atoms with Gasteiger partial charge < -0.3 is 9.84 Å². The van der Waals surface area contributed by atoms with Crippen molar-refractivity contribution in [1.29, 1.82) is 5.26 Å². The second-order valence-corrected chi connectivity index (χ2v) is 6.75. The van der Waals surface area contributed by atoms with Gasteiger partial charge >= 0.3 is 0 Å². The summed E-state index contributed by atoms with van der Waals surface area (Å²) in [5.41, 5.74) is -1.01. The fraction of sp³-hybridized carbons (Fsp3) is 0.417. The predicted octanol–water partition coefficient (Wildman–Crippen LogP) is 0.641. The molecular weight excluding hydrogens is 304 g/mol. The summed E-state index contributed by atoms with van der Waals surface area (Å²) >= 11 is 5.85. The molecule has 1 atom stereocenters.